The van der Waals surface area contributed by atoms with Crippen LogP contribution in [-0.2, 0) is 4.79 Å². The molecule has 0 spiro atoms. The van der Waals surface area contributed by atoms with Crippen LogP contribution in [-0.4, -0.2) is 37.6 Å². The molecule has 0 unspecified atom stereocenters. The maximum Gasteiger partial charge on any atom is 0.0782 e. The van der Waals surface area contributed by atoms with Gasteiger partial charge in [-0.25, -0.2) is 0 Å². The molecule has 0 radical (unpaired) electrons. The number of carboxylic acids is 1. The van der Waals surface area contributed by atoms with Crippen molar-refractivity contribution in [2.24, 2.45) is 0 Å². The largest absolute Gasteiger partial charge is 0.550 e. The standard InChI is InChI=1S/C38H75NO2/c1-4-5-6-7-8-9-10-11-12-15-18-21-24-27-30-33-36-39(2,3)37-34-31-28-25-22-19-16-13-14-17-20-23-26-29-32-35-38(40)41/h11-12H,4-10,13-37H2,1-3H3/b12-11-. The molecule has 0 bridgehead atoms. The summed E-state index contributed by atoms with van der Waals surface area (Å²) in [4.78, 5) is 10.4. The van der Waals surface area contributed by atoms with E-state index in [9.17, 15) is 9.90 Å². The van der Waals surface area contributed by atoms with E-state index in [1.54, 1.807) is 0 Å². The number of nitrogens with zero attached hydrogens (tertiary/aromatic N) is 1. The number of aliphatic carboxylic acids is 1. The summed E-state index contributed by atoms with van der Waals surface area (Å²) in [6.45, 7) is 4.99. The molecule has 0 aliphatic carbocycles. The van der Waals surface area contributed by atoms with Crippen LogP contribution in [0.4, 0.5) is 0 Å². The van der Waals surface area contributed by atoms with Gasteiger partial charge in [0, 0.05) is 5.97 Å². The number of hydrogen-bond donors (Lipinski definition) is 0. The Hall–Kier alpha value is -0.830. The number of allylic oxidation sites excluding steroid dienone is 2. The molecule has 0 aromatic carbocycles. The van der Waals surface area contributed by atoms with Crippen LogP contribution in [0.5, 0.6) is 0 Å². The fourth-order valence-electron chi connectivity index (χ4n) is 6.01. The van der Waals surface area contributed by atoms with Gasteiger partial charge >= 0.3 is 0 Å². The predicted octanol–water partition coefficient (Wildman–Crippen LogP) is 11.1. The van der Waals surface area contributed by atoms with Crippen LogP contribution in [0.3, 0.4) is 0 Å². The Morgan fingerprint density at radius 1 is 0.463 bits per heavy atom. The number of unbranched alkanes of at least 4 members (excludes halogenated alkanes) is 26. The molecule has 0 aliphatic heterocycles. The highest BCUT2D eigenvalue weighted by Gasteiger charge is 2.13. The minimum absolute atomic E-state index is 0.232. The summed E-state index contributed by atoms with van der Waals surface area (Å²) in [5.74, 6) is -0.900. The van der Waals surface area contributed by atoms with E-state index in [-0.39, 0.29) is 6.42 Å². The Balaban J connectivity index is 3.31. The third-order valence-electron chi connectivity index (χ3n) is 8.92. The van der Waals surface area contributed by atoms with E-state index < -0.39 is 5.97 Å². The van der Waals surface area contributed by atoms with Gasteiger partial charge < -0.3 is 14.4 Å². The normalized spacial score (nSPS) is 12.1. The quantitative estimate of drug-likeness (QED) is 0.0433. The molecule has 0 N–H and O–H groups in total. The molecule has 0 aliphatic rings. The van der Waals surface area contributed by atoms with Gasteiger partial charge in [0.15, 0.2) is 0 Å². The summed E-state index contributed by atoms with van der Waals surface area (Å²) in [6.07, 6.45) is 44.2. The Labute approximate surface area is 258 Å². The lowest BCUT2D eigenvalue weighted by Crippen LogP contribution is -2.41. The number of carboxylic acid groups (broad SMARTS) is 1. The number of rotatable bonds is 34. The van der Waals surface area contributed by atoms with Crippen LogP contribution in [0, 0.1) is 0 Å². The van der Waals surface area contributed by atoms with Crippen LogP contribution >= 0.6 is 0 Å². The number of carbonyl (C=O) groups excluding carboxylic acids is 1. The highest BCUT2D eigenvalue weighted by atomic mass is 16.4. The van der Waals surface area contributed by atoms with E-state index in [2.05, 4.69) is 33.2 Å². The molecular formula is C38H75NO2. The van der Waals surface area contributed by atoms with Gasteiger partial charge in [-0.1, -0.05) is 147 Å². The molecule has 3 nitrogen and oxygen atoms in total. The fourth-order valence-corrected chi connectivity index (χ4v) is 6.01. The van der Waals surface area contributed by atoms with Gasteiger partial charge in [-0.2, -0.15) is 0 Å². The molecule has 41 heavy (non-hydrogen) atoms. The maximum atomic E-state index is 10.4. The summed E-state index contributed by atoms with van der Waals surface area (Å²) in [5, 5.41) is 10.4. The van der Waals surface area contributed by atoms with E-state index in [1.165, 1.54) is 191 Å². The Morgan fingerprint density at radius 3 is 1.10 bits per heavy atom. The first-order valence-electron chi connectivity index (χ1n) is 18.6. The van der Waals surface area contributed by atoms with Gasteiger partial charge in [0.2, 0.25) is 0 Å². The van der Waals surface area contributed by atoms with Gasteiger partial charge in [-0.3, -0.25) is 0 Å². The van der Waals surface area contributed by atoms with Crippen molar-refractivity contribution < 1.29 is 14.4 Å². The minimum atomic E-state index is -0.900. The minimum Gasteiger partial charge on any atom is -0.550 e. The predicted molar refractivity (Wildman–Crippen MR) is 180 cm³/mol. The molecule has 0 saturated heterocycles. The van der Waals surface area contributed by atoms with Crippen LogP contribution < -0.4 is 5.11 Å². The number of quaternary nitrogens is 1. The molecule has 0 rings (SSSR count). The Morgan fingerprint density at radius 2 is 0.756 bits per heavy atom. The highest BCUT2D eigenvalue weighted by Crippen LogP contribution is 2.15. The molecule has 244 valence electrons. The Bertz CT molecular complexity index is 556. The van der Waals surface area contributed by atoms with Crippen molar-refractivity contribution in [3.8, 4) is 0 Å². The second kappa shape index (κ2) is 32.1. The number of carbonyl (C=O) groups is 1. The monoisotopic (exact) mass is 578 g/mol. The first-order chi connectivity index (χ1) is 20.0. The fraction of sp³-hybridized carbons (Fsp3) is 0.921. The van der Waals surface area contributed by atoms with E-state index in [0.717, 1.165) is 12.8 Å². The molecule has 0 fully saturated rings. The average Bonchev–Trinajstić information content (AvgIpc) is 2.94. The lowest BCUT2D eigenvalue weighted by molar-refractivity contribution is -0.890. The molecule has 0 aromatic rings. The topological polar surface area (TPSA) is 40.1 Å². The third-order valence-corrected chi connectivity index (χ3v) is 8.92. The van der Waals surface area contributed by atoms with E-state index in [1.807, 2.05) is 0 Å². The van der Waals surface area contributed by atoms with Crippen molar-refractivity contribution in [2.45, 2.75) is 200 Å². The summed E-state index contributed by atoms with van der Waals surface area (Å²) < 4.78 is 1.21. The van der Waals surface area contributed by atoms with Crippen molar-refractivity contribution in [3.05, 3.63) is 12.2 Å². The lowest BCUT2D eigenvalue weighted by atomic mass is 10.0. The summed E-state index contributed by atoms with van der Waals surface area (Å²) in [5.41, 5.74) is 0. The average molecular weight is 578 g/mol. The van der Waals surface area contributed by atoms with Crippen LogP contribution in [0.1, 0.15) is 200 Å². The van der Waals surface area contributed by atoms with Gasteiger partial charge in [0.25, 0.3) is 0 Å². The zero-order chi connectivity index (χ0) is 30.1. The van der Waals surface area contributed by atoms with Crippen molar-refractivity contribution in [2.75, 3.05) is 27.2 Å². The van der Waals surface area contributed by atoms with E-state index in [4.69, 9.17) is 0 Å². The molecular weight excluding hydrogens is 502 g/mol. The van der Waals surface area contributed by atoms with E-state index in [0.29, 0.717) is 0 Å². The van der Waals surface area contributed by atoms with Crippen LogP contribution in [0.2, 0.25) is 0 Å². The zero-order valence-electron chi connectivity index (χ0n) is 28.5. The second-order valence-electron chi connectivity index (χ2n) is 13.7. The maximum absolute atomic E-state index is 10.4. The van der Waals surface area contributed by atoms with Crippen molar-refractivity contribution in [1.29, 1.82) is 0 Å². The summed E-state index contributed by atoms with van der Waals surface area (Å²) in [6, 6.07) is 0. The molecule has 0 aromatic heterocycles. The Kier molecular flexibility index (Phi) is 31.4. The van der Waals surface area contributed by atoms with Crippen molar-refractivity contribution in [1.82, 2.24) is 0 Å². The molecule has 3 heteroatoms. The van der Waals surface area contributed by atoms with Crippen LogP contribution in [0.15, 0.2) is 12.2 Å². The second-order valence-corrected chi connectivity index (χ2v) is 13.7. The zero-order valence-corrected chi connectivity index (χ0v) is 28.5. The molecule has 0 amide bonds. The van der Waals surface area contributed by atoms with Gasteiger partial charge in [-0.05, 0) is 64.2 Å². The van der Waals surface area contributed by atoms with Gasteiger partial charge in [0.1, 0.15) is 0 Å². The molecule has 0 saturated carbocycles. The SMILES string of the molecule is CCCCCCCC/C=C\CCCCCCCC[N+](C)(C)CCCCCCCCCCCCCCCCCC(=O)[O-]. The summed E-state index contributed by atoms with van der Waals surface area (Å²) >= 11 is 0. The van der Waals surface area contributed by atoms with Gasteiger partial charge in [0.05, 0.1) is 27.2 Å². The number of hydrogen-bond acceptors (Lipinski definition) is 2. The highest BCUT2D eigenvalue weighted by molar-refractivity contribution is 5.64. The smallest absolute Gasteiger partial charge is 0.0782 e. The summed E-state index contributed by atoms with van der Waals surface area (Å²) in [7, 11) is 4.88. The first-order valence-corrected chi connectivity index (χ1v) is 18.6. The molecule has 0 atom stereocenters. The van der Waals surface area contributed by atoms with Crippen molar-refractivity contribution in [3.63, 3.8) is 0 Å². The van der Waals surface area contributed by atoms with Crippen LogP contribution in [0.25, 0.3) is 0 Å². The lowest BCUT2D eigenvalue weighted by Gasteiger charge is -2.30. The third kappa shape index (κ3) is 35.3. The van der Waals surface area contributed by atoms with Crippen molar-refractivity contribution >= 4 is 5.97 Å². The molecule has 0 heterocycles. The van der Waals surface area contributed by atoms with E-state index >= 15 is 0 Å². The van der Waals surface area contributed by atoms with Gasteiger partial charge in [-0.15, -0.1) is 0 Å². The first kappa shape index (κ1) is 40.2.